The second-order valence-corrected chi connectivity index (χ2v) is 9.24. The van der Waals surface area contributed by atoms with Gasteiger partial charge in [-0.1, -0.05) is 6.58 Å². The lowest BCUT2D eigenvalue weighted by atomic mass is 10.1. The molecule has 2 N–H and O–H groups in total. The molecule has 166 valence electrons. The number of piperidine rings is 1. The maximum atomic E-state index is 12.0. The summed E-state index contributed by atoms with van der Waals surface area (Å²) in [6.45, 7) is 11.3. The molecule has 0 aliphatic carbocycles. The fourth-order valence-electron chi connectivity index (χ4n) is 3.99. The number of thiazole rings is 1. The number of carbonyl (C=O) groups is 1. The zero-order valence-electron chi connectivity index (χ0n) is 18.0. The minimum absolute atomic E-state index is 0.0120. The van der Waals surface area contributed by atoms with Gasteiger partial charge >= 0.3 is 0 Å². The Balaban J connectivity index is 1.51. The lowest BCUT2D eigenvalue weighted by molar-refractivity contribution is -0.127. The van der Waals surface area contributed by atoms with Crippen LogP contribution in [0.25, 0.3) is 0 Å². The quantitative estimate of drug-likeness (QED) is 0.638. The van der Waals surface area contributed by atoms with Crippen LogP contribution in [0.2, 0.25) is 0 Å². The molecule has 2 saturated heterocycles. The molecule has 0 radical (unpaired) electrons. The number of hydrogen-bond acceptors (Lipinski definition) is 8. The maximum Gasteiger partial charge on any atom is 0.246 e. The summed E-state index contributed by atoms with van der Waals surface area (Å²) in [5.41, 5.74) is 1.19. The second kappa shape index (κ2) is 10.2. The third-order valence-corrected chi connectivity index (χ3v) is 6.34. The van der Waals surface area contributed by atoms with Crippen molar-refractivity contribution in [3.63, 3.8) is 0 Å². The molecule has 1 amide bonds. The number of rotatable bonds is 7. The molecular formula is C22H30N6O2S. The Morgan fingerprint density at radius 2 is 2.13 bits per heavy atom. The zero-order valence-corrected chi connectivity index (χ0v) is 18.8. The van der Waals surface area contributed by atoms with Crippen molar-refractivity contribution in [3.05, 3.63) is 41.4 Å². The minimum atomic E-state index is -0.0120. The molecule has 0 aromatic carbocycles. The monoisotopic (exact) mass is 442 g/mol. The summed E-state index contributed by atoms with van der Waals surface area (Å²) in [7, 11) is 0. The van der Waals surface area contributed by atoms with Gasteiger partial charge in [-0.25, -0.2) is 9.97 Å². The predicted molar refractivity (Wildman–Crippen MR) is 124 cm³/mol. The van der Waals surface area contributed by atoms with Crippen molar-refractivity contribution in [2.75, 3.05) is 50.0 Å². The molecule has 2 aliphatic rings. The molecule has 2 fully saturated rings. The standard InChI is InChI=1S/C22H30N6O2S/c1-3-21(29)28-6-4-5-18(15-28)24-19-11-17(14-27-7-9-30-10-8-27)12-20(25-19)26-22-23-13-16(2)31-22/h3,11-13,18H,1,4-10,14-15H2,2H3,(H2,23,24,25,26)/t18-/m1/s1. The lowest BCUT2D eigenvalue weighted by Gasteiger charge is -2.33. The summed E-state index contributed by atoms with van der Waals surface area (Å²) in [6.07, 6.45) is 5.22. The molecule has 0 unspecified atom stereocenters. The maximum absolute atomic E-state index is 12.0. The van der Waals surface area contributed by atoms with E-state index in [0.29, 0.717) is 6.54 Å². The van der Waals surface area contributed by atoms with E-state index in [2.05, 4.69) is 39.2 Å². The summed E-state index contributed by atoms with van der Waals surface area (Å²) in [5, 5.41) is 7.74. The number of morpholine rings is 1. The van der Waals surface area contributed by atoms with Crippen LogP contribution in [0.3, 0.4) is 0 Å². The first-order chi connectivity index (χ1) is 15.1. The van der Waals surface area contributed by atoms with Crippen LogP contribution >= 0.6 is 11.3 Å². The van der Waals surface area contributed by atoms with Crippen molar-refractivity contribution >= 4 is 34.0 Å². The van der Waals surface area contributed by atoms with E-state index >= 15 is 0 Å². The highest BCUT2D eigenvalue weighted by Crippen LogP contribution is 2.25. The molecular weight excluding hydrogens is 412 g/mol. The topological polar surface area (TPSA) is 82.6 Å². The lowest BCUT2D eigenvalue weighted by Crippen LogP contribution is -2.44. The van der Waals surface area contributed by atoms with E-state index in [-0.39, 0.29) is 11.9 Å². The Morgan fingerprint density at radius 3 is 2.87 bits per heavy atom. The van der Waals surface area contributed by atoms with E-state index in [1.54, 1.807) is 11.3 Å². The summed E-state index contributed by atoms with van der Waals surface area (Å²) in [5.74, 6) is 1.58. The normalized spacial score (nSPS) is 19.8. The van der Waals surface area contributed by atoms with Crippen molar-refractivity contribution in [1.29, 1.82) is 0 Å². The second-order valence-electron chi connectivity index (χ2n) is 8.01. The Bertz CT molecular complexity index is 911. The number of likely N-dealkylation sites (tertiary alicyclic amines) is 1. The van der Waals surface area contributed by atoms with Crippen molar-refractivity contribution in [2.24, 2.45) is 0 Å². The molecule has 0 saturated carbocycles. The van der Waals surface area contributed by atoms with Gasteiger partial charge in [-0.15, -0.1) is 11.3 Å². The summed E-state index contributed by atoms with van der Waals surface area (Å²) < 4.78 is 5.48. The van der Waals surface area contributed by atoms with Crippen LogP contribution in [-0.2, 0) is 16.1 Å². The van der Waals surface area contributed by atoms with Gasteiger partial charge in [-0.3, -0.25) is 9.69 Å². The molecule has 2 aliphatic heterocycles. The van der Waals surface area contributed by atoms with Crippen LogP contribution in [0.5, 0.6) is 0 Å². The average Bonchev–Trinajstić information content (AvgIpc) is 3.18. The van der Waals surface area contributed by atoms with Crippen LogP contribution in [-0.4, -0.2) is 71.1 Å². The SMILES string of the molecule is C=CC(=O)N1CCC[C@@H](Nc2cc(CN3CCOCC3)cc(Nc3ncc(C)s3)n2)C1. The number of aryl methyl sites for hydroxylation is 1. The Hall–Kier alpha value is -2.49. The van der Waals surface area contributed by atoms with Crippen molar-refractivity contribution in [1.82, 2.24) is 19.8 Å². The van der Waals surface area contributed by atoms with Crippen LogP contribution in [0, 0.1) is 6.92 Å². The highest BCUT2D eigenvalue weighted by Gasteiger charge is 2.23. The van der Waals surface area contributed by atoms with Gasteiger partial charge in [0.15, 0.2) is 5.13 Å². The van der Waals surface area contributed by atoms with E-state index in [9.17, 15) is 4.79 Å². The van der Waals surface area contributed by atoms with Gasteiger partial charge in [0.05, 0.1) is 13.2 Å². The molecule has 8 nitrogen and oxygen atoms in total. The summed E-state index contributed by atoms with van der Waals surface area (Å²) in [6, 6.07) is 4.37. The fourth-order valence-corrected chi connectivity index (χ4v) is 4.66. The third-order valence-electron chi connectivity index (χ3n) is 5.51. The Morgan fingerprint density at radius 1 is 1.32 bits per heavy atom. The number of anilines is 3. The molecule has 1 atom stereocenters. The van der Waals surface area contributed by atoms with Gasteiger partial charge in [0.2, 0.25) is 5.91 Å². The predicted octanol–water partition coefficient (Wildman–Crippen LogP) is 3.01. The molecule has 4 rings (SSSR count). The van der Waals surface area contributed by atoms with E-state index in [0.717, 1.165) is 73.9 Å². The number of amides is 1. The molecule has 2 aromatic heterocycles. The number of ether oxygens (including phenoxy) is 1. The van der Waals surface area contributed by atoms with E-state index in [4.69, 9.17) is 9.72 Å². The summed E-state index contributed by atoms with van der Waals surface area (Å²) in [4.78, 5) is 26.6. The number of carbonyl (C=O) groups excluding carboxylic acids is 1. The van der Waals surface area contributed by atoms with Crippen LogP contribution in [0.1, 0.15) is 23.3 Å². The molecule has 9 heteroatoms. The first-order valence-electron chi connectivity index (χ1n) is 10.8. The molecule has 0 bridgehead atoms. The van der Waals surface area contributed by atoms with Gasteiger partial charge in [-0.05, 0) is 43.5 Å². The van der Waals surface area contributed by atoms with Crippen molar-refractivity contribution < 1.29 is 9.53 Å². The Labute approximate surface area is 187 Å². The van der Waals surface area contributed by atoms with E-state index < -0.39 is 0 Å². The number of aromatic nitrogens is 2. The molecule has 4 heterocycles. The fraction of sp³-hybridized carbons (Fsp3) is 0.500. The number of pyridine rings is 1. The first kappa shape index (κ1) is 21.7. The van der Waals surface area contributed by atoms with Gasteiger partial charge in [0.25, 0.3) is 0 Å². The van der Waals surface area contributed by atoms with Crippen LogP contribution in [0.15, 0.2) is 31.0 Å². The largest absolute Gasteiger partial charge is 0.379 e. The van der Waals surface area contributed by atoms with Crippen LogP contribution in [0.4, 0.5) is 16.8 Å². The Kier molecular flexibility index (Phi) is 7.16. The smallest absolute Gasteiger partial charge is 0.246 e. The first-order valence-corrected chi connectivity index (χ1v) is 11.6. The van der Waals surface area contributed by atoms with Gasteiger partial charge in [0, 0.05) is 49.8 Å². The minimum Gasteiger partial charge on any atom is -0.379 e. The highest BCUT2D eigenvalue weighted by molar-refractivity contribution is 7.15. The number of nitrogens with zero attached hydrogens (tertiary/aromatic N) is 4. The average molecular weight is 443 g/mol. The molecule has 31 heavy (non-hydrogen) atoms. The van der Waals surface area contributed by atoms with Gasteiger partial charge in [-0.2, -0.15) is 0 Å². The van der Waals surface area contributed by atoms with Gasteiger partial charge in [0.1, 0.15) is 11.6 Å². The highest BCUT2D eigenvalue weighted by atomic mass is 32.1. The molecule has 2 aromatic rings. The number of hydrogen-bond donors (Lipinski definition) is 2. The van der Waals surface area contributed by atoms with Gasteiger partial charge < -0.3 is 20.3 Å². The van der Waals surface area contributed by atoms with Crippen molar-refractivity contribution in [3.8, 4) is 0 Å². The van der Waals surface area contributed by atoms with Crippen molar-refractivity contribution in [2.45, 2.75) is 32.4 Å². The third kappa shape index (κ3) is 6.03. The van der Waals surface area contributed by atoms with E-state index in [1.165, 1.54) is 11.6 Å². The summed E-state index contributed by atoms with van der Waals surface area (Å²) >= 11 is 1.61. The number of nitrogens with one attached hydrogen (secondary N) is 2. The van der Waals surface area contributed by atoms with Crippen LogP contribution < -0.4 is 10.6 Å². The van der Waals surface area contributed by atoms with E-state index in [1.807, 2.05) is 18.0 Å². The molecule has 0 spiro atoms. The zero-order chi connectivity index (χ0) is 21.6.